The van der Waals surface area contributed by atoms with Crippen molar-refractivity contribution in [2.75, 3.05) is 0 Å². The zero-order valence-electron chi connectivity index (χ0n) is 10.3. The molecule has 1 aliphatic rings. The molecule has 19 heavy (non-hydrogen) atoms. The van der Waals surface area contributed by atoms with Crippen LogP contribution in [0, 0.1) is 0 Å². The normalized spacial score (nSPS) is 15.0. The quantitative estimate of drug-likeness (QED) is 0.888. The predicted octanol–water partition coefficient (Wildman–Crippen LogP) is 3.74. The molecular formula is C15H13FN2O. The second-order valence-corrected chi connectivity index (χ2v) is 4.36. The molecule has 3 nitrogen and oxygen atoms in total. The molecule has 0 bridgehead atoms. The van der Waals surface area contributed by atoms with Crippen LogP contribution in [-0.4, -0.2) is 14.9 Å². The van der Waals surface area contributed by atoms with Crippen LogP contribution in [-0.2, 0) is 0 Å². The average molecular weight is 256 g/mol. The number of para-hydroxylation sites is 1. The Morgan fingerprint density at radius 1 is 1.11 bits per heavy atom. The lowest BCUT2D eigenvalue weighted by molar-refractivity contribution is 0.477. The van der Waals surface area contributed by atoms with E-state index in [-0.39, 0.29) is 11.6 Å². The Morgan fingerprint density at radius 3 is 2.68 bits per heavy atom. The van der Waals surface area contributed by atoms with Gasteiger partial charge < -0.3 is 5.11 Å². The number of aromatic hydroxyl groups is 1. The second kappa shape index (κ2) is 4.72. The number of phenolic OH excluding ortho intramolecular Hbond substituents is 1. The molecule has 0 aliphatic heterocycles. The van der Waals surface area contributed by atoms with Crippen molar-refractivity contribution in [1.82, 2.24) is 9.78 Å². The minimum absolute atomic E-state index is 0.157. The zero-order chi connectivity index (χ0) is 13.2. The Kier molecular flexibility index (Phi) is 2.91. The Morgan fingerprint density at radius 2 is 1.89 bits per heavy atom. The van der Waals surface area contributed by atoms with Crippen molar-refractivity contribution in [3.63, 3.8) is 0 Å². The maximum Gasteiger partial charge on any atom is 0.144 e. The molecule has 0 radical (unpaired) electrons. The predicted molar refractivity (Wildman–Crippen MR) is 72.0 cm³/mol. The molecule has 0 unspecified atom stereocenters. The Balaban J connectivity index is 2.12. The summed E-state index contributed by atoms with van der Waals surface area (Å²) in [6.07, 6.45) is 6.49. The van der Waals surface area contributed by atoms with Crippen molar-refractivity contribution in [2.45, 2.75) is 12.8 Å². The molecule has 0 saturated heterocycles. The highest BCUT2D eigenvalue weighted by Crippen LogP contribution is 2.33. The largest absolute Gasteiger partial charge is 0.507 e. The number of hydrogen-bond donors (Lipinski definition) is 1. The summed E-state index contributed by atoms with van der Waals surface area (Å²) < 4.78 is 15.4. The van der Waals surface area contributed by atoms with Gasteiger partial charge in [-0.15, -0.1) is 0 Å². The highest BCUT2D eigenvalue weighted by Gasteiger charge is 2.16. The fraction of sp³-hybridized carbons (Fsp3) is 0.133. The molecule has 96 valence electrons. The molecule has 2 aromatic rings. The molecule has 0 spiro atoms. The number of aromatic nitrogens is 2. The first kappa shape index (κ1) is 11.7. The van der Waals surface area contributed by atoms with E-state index >= 15 is 0 Å². The van der Waals surface area contributed by atoms with E-state index < -0.39 is 0 Å². The van der Waals surface area contributed by atoms with Crippen LogP contribution in [0.5, 0.6) is 5.75 Å². The molecule has 3 rings (SSSR count). The van der Waals surface area contributed by atoms with E-state index in [9.17, 15) is 9.50 Å². The average Bonchev–Trinajstić information content (AvgIpc) is 2.89. The van der Waals surface area contributed by atoms with Gasteiger partial charge in [0.25, 0.3) is 0 Å². The summed E-state index contributed by atoms with van der Waals surface area (Å²) in [5.41, 5.74) is 1.75. The van der Waals surface area contributed by atoms with Gasteiger partial charge in [0, 0.05) is 5.56 Å². The van der Waals surface area contributed by atoms with Crippen LogP contribution in [0.15, 0.2) is 54.5 Å². The summed E-state index contributed by atoms with van der Waals surface area (Å²) in [5, 5.41) is 14.1. The molecule has 1 N–H and O–H groups in total. The number of rotatable bonds is 2. The first-order valence-corrected chi connectivity index (χ1v) is 6.16. The fourth-order valence-electron chi connectivity index (χ4n) is 2.21. The van der Waals surface area contributed by atoms with E-state index in [0.717, 1.165) is 6.42 Å². The van der Waals surface area contributed by atoms with Crippen LogP contribution in [0.4, 0.5) is 4.39 Å². The fourth-order valence-corrected chi connectivity index (χ4v) is 2.21. The van der Waals surface area contributed by atoms with Gasteiger partial charge in [-0.3, -0.25) is 0 Å². The number of phenols is 1. The lowest BCUT2D eigenvalue weighted by Gasteiger charge is -2.13. The summed E-state index contributed by atoms with van der Waals surface area (Å²) >= 11 is 0. The van der Waals surface area contributed by atoms with Gasteiger partial charge >= 0.3 is 0 Å². The van der Waals surface area contributed by atoms with E-state index in [1.165, 1.54) is 4.68 Å². The molecule has 1 aliphatic carbocycles. The minimum Gasteiger partial charge on any atom is -0.507 e. The van der Waals surface area contributed by atoms with Crippen molar-refractivity contribution >= 4 is 5.70 Å². The lowest BCUT2D eigenvalue weighted by Crippen LogP contribution is -2.04. The first-order chi connectivity index (χ1) is 9.27. The Labute approximate surface area is 110 Å². The summed E-state index contributed by atoms with van der Waals surface area (Å²) in [4.78, 5) is 0. The van der Waals surface area contributed by atoms with Gasteiger partial charge in [0.2, 0.25) is 0 Å². The van der Waals surface area contributed by atoms with Crippen LogP contribution < -0.4 is 0 Å². The number of hydrogen-bond acceptors (Lipinski definition) is 2. The highest BCUT2D eigenvalue weighted by atomic mass is 19.1. The molecule has 1 aromatic carbocycles. The number of benzene rings is 1. The van der Waals surface area contributed by atoms with Gasteiger partial charge in [-0.05, 0) is 37.1 Å². The standard InChI is InChI=1S/C15H13FN2O/c16-12-6-2-3-7-14(12)18-13(9-10-17-18)11-5-1-4-8-15(11)19/h1,4-10,19H,2-3H2. The summed E-state index contributed by atoms with van der Waals surface area (Å²) in [7, 11) is 0. The third kappa shape index (κ3) is 2.05. The van der Waals surface area contributed by atoms with Crippen molar-refractivity contribution in [1.29, 1.82) is 0 Å². The maximum absolute atomic E-state index is 13.9. The molecule has 0 saturated carbocycles. The molecule has 1 aromatic heterocycles. The van der Waals surface area contributed by atoms with Gasteiger partial charge in [0.05, 0.1) is 17.6 Å². The van der Waals surface area contributed by atoms with E-state index in [2.05, 4.69) is 5.10 Å². The zero-order valence-corrected chi connectivity index (χ0v) is 10.3. The summed E-state index contributed by atoms with van der Waals surface area (Å²) in [6.45, 7) is 0. The van der Waals surface area contributed by atoms with E-state index in [1.807, 2.05) is 12.1 Å². The third-order valence-electron chi connectivity index (χ3n) is 3.12. The van der Waals surface area contributed by atoms with Gasteiger partial charge in [-0.25, -0.2) is 9.07 Å². The van der Waals surface area contributed by atoms with Crippen molar-refractivity contribution in [2.24, 2.45) is 0 Å². The highest BCUT2D eigenvalue weighted by molar-refractivity contribution is 5.73. The first-order valence-electron chi connectivity index (χ1n) is 6.16. The van der Waals surface area contributed by atoms with E-state index in [4.69, 9.17) is 0 Å². The summed E-state index contributed by atoms with van der Waals surface area (Å²) in [5.74, 6) is -0.114. The molecule has 0 amide bonds. The Hall–Kier alpha value is -2.36. The SMILES string of the molecule is Oc1ccccc1-c1ccnn1C1=CCCC=C1F. The van der Waals surface area contributed by atoms with Crippen molar-refractivity contribution < 1.29 is 9.50 Å². The minimum atomic E-state index is -0.272. The van der Waals surface area contributed by atoms with Crippen molar-refractivity contribution in [3.8, 4) is 17.0 Å². The van der Waals surface area contributed by atoms with E-state index in [0.29, 0.717) is 23.4 Å². The van der Waals surface area contributed by atoms with Crippen LogP contribution in [0.3, 0.4) is 0 Å². The Bertz CT molecular complexity index is 670. The van der Waals surface area contributed by atoms with Gasteiger partial charge in [-0.2, -0.15) is 5.10 Å². The van der Waals surface area contributed by atoms with Crippen LogP contribution >= 0.6 is 0 Å². The monoisotopic (exact) mass is 256 g/mol. The lowest BCUT2D eigenvalue weighted by atomic mass is 10.1. The summed E-state index contributed by atoms with van der Waals surface area (Å²) in [6, 6.07) is 8.73. The molecule has 1 heterocycles. The van der Waals surface area contributed by atoms with Gasteiger partial charge in [-0.1, -0.05) is 18.2 Å². The second-order valence-electron chi connectivity index (χ2n) is 4.36. The topological polar surface area (TPSA) is 38.1 Å². The van der Waals surface area contributed by atoms with Gasteiger partial charge in [0.15, 0.2) is 0 Å². The third-order valence-corrected chi connectivity index (χ3v) is 3.12. The van der Waals surface area contributed by atoms with Crippen LogP contribution in [0.25, 0.3) is 17.0 Å². The van der Waals surface area contributed by atoms with E-state index in [1.54, 1.807) is 36.5 Å². The molecule has 0 fully saturated rings. The van der Waals surface area contributed by atoms with Crippen molar-refractivity contribution in [3.05, 3.63) is 54.5 Å². The molecular weight excluding hydrogens is 243 g/mol. The van der Waals surface area contributed by atoms with Crippen LogP contribution in [0.2, 0.25) is 0 Å². The molecule has 4 heteroatoms. The molecule has 0 atom stereocenters. The number of allylic oxidation sites excluding steroid dienone is 4. The maximum atomic E-state index is 13.9. The number of halogens is 1. The van der Waals surface area contributed by atoms with Crippen LogP contribution in [0.1, 0.15) is 12.8 Å². The smallest absolute Gasteiger partial charge is 0.144 e. The van der Waals surface area contributed by atoms with Gasteiger partial charge in [0.1, 0.15) is 11.6 Å². The number of nitrogens with zero attached hydrogens (tertiary/aromatic N) is 2.